The van der Waals surface area contributed by atoms with Crippen molar-refractivity contribution >= 4 is 11.6 Å². The second kappa shape index (κ2) is 9.11. The predicted octanol–water partition coefficient (Wildman–Crippen LogP) is 4.65. The summed E-state index contributed by atoms with van der Waals surface area (Å²) in [6.07, 6.45) is -4.09. The molecular weight excluding hydrogens is 395 g/mol. The van der Waals surface area contributed by atoms with Gasteiger partial charge in [-0.1, -0.05) is 36.4 Å². The van der Waals surface area contributed by atoms with Gasteiger partial charge in [-0.05, 0) is 59.0 Å². The van der Waals surface area contributed by atoms with Crippen molar-refractivity contribution in [3.05, 3.63) is 89.0 Å². The molecule has 0 heterocycles. The molecule has 3 N–H and O–H groups in total. The predicted molar refractivity (Wildman–Crippen MR) is 108 cm³/mol. The number of benzene rings is 3. The number of anilines is 1. The van der Waals surface area contributed by atoms with Crippen molar-refractivity contribution in [3.8, 4) is 11.1 Å². The molecule has 156 valence electrons. The van der Waals surface area contributed by atoms with Crippen molar-refractivity contribution in [2.24, 2.45) is 0 Å². The fourth-order valence-corrected chi connectivity index (χ4v) is 3.18. The third-order valence-electron chi connectivity index (χ3n) is 4.71. The Hall–Kier alpha value is -3.16. The van der Waals surface area contributed by atoms with Crippen molar-refractivity contribution in [2.75, 3.05) is 11.9 Å². The van der Waals surface area contributed by atoms with Gasteiger partial charge in [0.05, 0.1) is 12.2 Å². The van der Waals surface area contributed by atoms with Crippen molar-refractivity contribution in [2.45, 2.75) is 19.2 Å². The number of carbonyl (C=O) groups is 1. The molecule has 0 bridgehead atoms. The van der Waals surface area contributed by atoms with Crippen LogP contribution in [0, 0.1) is 0 Å². The van der Waals surface area contributed by atoms with Crippen LogP contribution in [0.4, 0.5) is 18.9 Å². The number of aliphatic hydroxyl groups excluding tert-OH is 2. The number of aliphatic hydroxyl groups is 2. The van der Waals surface area contributed by atoms with Crippen LogP contribution in [0.15, 0.2) is 66.7 Å². The highest BCUT2D eigenvalue weighted by Gasteiger charge is 2.30. The summed E-state index contributed by atoms with van der Waals surface area (Å²) in [4.78, 5) is 12.9. The largest absolute Gasteiger partial charge is 0.416 e. The number of alkyl halides is 3. The Bertz CT molecular complexity index is 1030. The second-order valence-corrected chi connectivity index (χ2v) is 6.69. The lowest BCUT2D eigenvalue weighted by atomic mass is 9.98. The average molecular weight is 415 g/mol. The summed E-state index contributed by atoms with van der Waals surface area (Å²) in [7, 11) is 0. The molecule has 0 aliphatic rings. The first kappa shape index (κ1) is 21.5. The van der Waals surface area contributed by atoms with Crippen LogP contribution in [-0.4, -0.2) is 22.7 Å². The van der Waals surface area contributed by atoms with E-state index in [1.54, 1.807) is 42.5 Å². The fourth-order valence-electron chi connectivity index (χ4n) is 3.18. The molecule has 3 aromatic rings. The van der Waals surface area contributed by atoms with Gasteiger partial charge in [-0.3, -0.25) is 4.79 Å². The van der Waals surface area contributed by atoms with E-state index in [9.17, 15) is 28.2 Å². The molecule has 1 amide bonds. The third-order valence-corrected chi connectivity index (χ3v) is 4.71. The van der Waals surface area contributed by atoms with Gasteiger partial charge in [0.2, 0.25) is 0 Å². The monoisotopic (exact) mass is 415 g/mol. The number of rotatable bonds is 6. The van der Waals surface area contributed by atoms with E-state index in [4.69, 9.17) is 0 Å². The Morgan fingerprint density at radius 2 is 1.60 bits per heavy atom. The lowest BCUT2D eigenvalue weighted by Crippen LogP contribution is -2.14. The normalized spacial score (nSPS) is 11.4. The van der Waals surface area contributed by atoms with Gasteiger partial charge in [0, 0.05) is 17.9 Å². The maximum Gasteiger partial charge on any atom is 0.416 e. The van der Waals surface area contributed by atoms with Crippen molar-refractivity contribution < 1.29 is 28.2 Å². The molecular formula is C23H20F3NO3. The van der Waals surface area contributed by atoms with Crippen molar-refractivity contribution in [1.29, 1.82) is 0 Å². The Labute approximate surface area is 171 Å². The van der Waals surface area contributed by atoms with Crippen LogP contribution in [0.1, 0.15) is 27.0 Å². The van der Waals surface area contributed by atoms with E-state index in [0.29, 0.717) is 39.9 Å². The highest BCUT2D eigenvalue weighted by molar-refractivity contribution is 6.08. The zero-order chi connectivity index (χ0) is 21.7. The van der Waals surface area contributed by atoms with E-state index in [-0.39, 0.29) is 13.2 Å². The average Bonchev–Trinajstić information content (AvgIpc) is 2.74. The summed E-state index contributed by atoms with van der Waals surface area (Å²) >= 11 is 0. The number of hydrogen-bond acceptors (Lipinski definition) is 3. The number of carbonyl (C=O) groups excluding carboxylic acids is 1. The Kier molecular flexibility index (Phi) is 6.54. The van der Waals surface area contributed by atoms with E-state index < -0.39 is 17.6 Å². The first-order valence-corrected chi connectivity index (χ1v) is 9.25. The Balaban J connectivity index is 1.89. The van der Waals surface area contributed by atoms with Crippen molar-refractivity contribution in [1.82, 2.24) is 0 Å². The first-order valence-electron chi connectivity index (χ1n) is 9.25. The molecule has 3 aromatic carbocycles. The summed E-state index contributed by atoms with van der Waals surface area (Å²) in [6.45, 7) is -0.276. The lowest BCUT2D eigenvalue weighted by molar-refractivity contribution is -0.137. The summed E-state index contributed by atoms with van der Waals surface area (Å²) in [5.41, 5.74) is 2.42. The van der Waals surface area contributed by atoms with Crippen LogP contribution in [0.25, 0.3) is 11.1 Å². The van der Waals surface area contributed by atoms with E-state index in [1.807, 2.05) is 0 Å². The fraction of sp³-hybridized carbons (Fsp3) is 0.174. The van der Waals surface area contributed by atoms with Gasteiger partial charge in [0.1, 0.15) is 0 Å². The standard InChI is InChI=1S/C23H20F3NO3/c24-23(25,26)18-8-5-15(6-9-18)20-3-1-2-4-21(20)22(30)27-19-10-7-17(14-29)16(13-19)11-12-28/h1-10,13,28-29H,11-12,14H2,(H,27,30). The molecule has 3 rings (SSSR count). The smallest absolute Gasteiger partial charge is 0.396 e. The topological polar surface area (TPSA) is 69.6 Å². The quantitative estimate of drug-likeness (QED) is 0.549. The molecule has 0 radical (unpaired) electrons. The van der Waals surface area contributed by atoms with Crippen LogP contribution in [0.2, 0.25) is 0 Å². The van der Waals surface area contributed by atoms with Gasteiger partial charge in [-0.15, -0.1) is 0 Å². The number of hydrogen-bond donors (Lipinski definition) is 3. The van der Waals surface area contributed by atoms with Gasteiger partial charge in [0.15, 0.2) is 0 Å². The van der Waals surface area contributed by atoms with E-state index in [2.05, 4.69) is 5.32 Å². The van der Waals surface area contributed by atoms with E-state index in [0.717, 1.165) is 12.1 Å². The molecule has 0 saturated heterocycles. The minimum atomic E-state index is -4.43. The van der Waals surface area contributed by atoms with Crippen LogP contribution >= 0.6 is 0 Å². The van der Waals surface area contributed by atoms with Crippen LogP contribution in [0.3, 0.4) is 0 Å². The van der Waals surface area contributed by atoms with Crippen LogP contribution in [-0.2, 0) is 19.2 Å². The maximum atomic E-state index is 12.9. The Morgan fingerprint density at radius 1 is 0.900 bits per heavy atom. The van der Waals surface area contributed by atoms with Gasteiger partial charge in [0.25, 0.3) is 5.91 Å². The molecule has 4 nitrogen and oxygen atoms in total. The molecule has 7 heteroatoms. The molecule has 0 saturated carbocycles. The van der Waals surface area contributed by atoms with E-state index >= 15 is 0 Å². The molecule has 0 atom stereocenters. The lowest BCUT2D eigenvalue weighted by Gasteiger charge is -2.13. The molecule has 0 aliphatic carbocycles. The number of amides is 1. The maximum absolute atomic E-state index is 12.9. The third kappa shape index (κ3) is 4.87. The summed E-state index contributed by atoms with van der Waals surface area (Å²) in [6, 6.07) is 16.3. The molecule has 0 aromatic heterocycles. The first-order chi connectivity index (χ1) is 14.3. The second-order valence-electron chi connectivity index (χ2n) is 6.69. The Morgan fingerprint density at radius 3 is 2.23 bits per heavy atom. The zero-order valence-corrected chi connectivity index (χ0v) is 15.9. The highest BCUT2D eigenvalue weighted by Crippen LogP contribution is 2.32. The van der Waals surface area contributed by atoms with Crippen molar-refractivity contribution in [3.63, 3.8) is 0 Å². The summed E-state index contributed by atoms with van der Waals surface area (Å²) < 4.78 is 38.5. The van der Waals surface area contributed by atoms with Gasteiger partial charge >= 0.3 is 6.18 Å². The molecule has 0 aliphatic heterocycles. The molecule has 0 unspecified atom stereocenters. The summed E-state index contributed by atoms with van der Waals surface area (Å²) in [5, 5.41) is 21.3. The minimum Gasteiger partial charge on any atom is -0.396 e. The zero-order valence-electron chi connectivity index (χ0n) is 15.9. The number of halogens is 3. The van der Waals surface area contributed by atoms with Crippen LogP contribution < -0.4 is 5.32 Å². The van der Waals surface area contributed by atoms with E-state index in [1.165, 1.54) is 12.1 Å². The summed E-state index contributed by atoms with van der Waals surface area (Å²) in [5.74, 6) is -0.419. The SMILES string of the molecule is O=C(Nc1ccc(CO)c(CCO)c1)c1ccccc1-c1ccc(C(F)(F)F)cc1. The van der Waals surface area contributed by atoms with Gasteiger partial charge in [-0.25, -0.2) is 0 Å². The minimum absolute atomic E-state index is 0.0961. The molecule has 0 fully saturated rings. The van der Waals surface area contributed by atoms with Crippen LogP contribution in [0.5, 0.6) is 0 Å². The number of nitrogens with one attached hydrogen (secondary N) is 1. The van der Waals surface area contributed by atoms with Gasteiger partial charge < -0.3 is 15.5 Å². The molecule has 30 heavy (non-hydrogen) atoms. The van der Waals surface area contributed by atoms with Gasteiger partial charge in [-0.2, -0.15) is 13.2 Å². The highest BCUT2D eigenvalue weighted by atomic mass is 19.4. The molecule has 0 spiro atoms.